The van der Waals surface area contributed by atoms with Crippen LogP contribution in [-0.2, 0) is 9.59 Å². The molecule has 1 saturated heterocycles. The summed E-state index contributed by atoms with van der Waals surface area (Å²) in [6.45, 7) is 0.818. The van der Waals surface area contributed by atoms with Crippen LogP contribution in [0.3, 0.4) is 0 Å². The Balaban J connectivity index is 2.14. The zero-order chi connectivity index (χ0) is 21.1. The van der Waals surface area contributed by atoms with Gasteiger partial charge in [0.05, 0.1) is 18.7 Å². The van der Waals surface area contributed by atoms with Crippen LogP contribution in [-0.4, -0.2) is 60.9 Å². The van der Waals surface area contributed by atoms with Crippen LogP contribution >= 0.6 is 0 Å². The van der Waals surface area contributed by atoms with Crippen LogP contribution in [0.2, 0.25) is 0 Å². The third kappa shape index (κ3) is 4.14. The Morgan fingerprint density at radius 1 is 1.17 bits per heavy atom. The molecule has 152 valence electrons. The number of ketones is 1. The number of amides is 1. The quantitative estimate of drug-likeness (QED) is 0.460. The summed E-state index contributed by atoms with van der Waals surface area (Å²) in [5.74, 6) is -1.66. The number of halogens is 1. The van der Waals surface area contributed by atoms with E-state index in [9.17, 15) is 19.1 Å². The van der Waals surface area contributed by atoms with Crippen LogP contribution in [0.1, 0.15) is 17.2 Å². The molecule has 1 fully saturated rings. The van der Waals surface area contributed by atoms with E-state index in [1.165, 1.54) is 36.3 Å². The minimum absolute atomic E-state index is 0.0198. The number of carbonyl (C=O) groups is 2. The summed E-state index contributed by atoms with van der Waals surface area (Å²) in [6.07, 6.45) is 0. The summed E-state index contributed by atoms with van der Waals surface area (Å²) in [7, 11) is 5.22. The standard InChI is InChI=1S/C22H23FN2O4/c1-24(2)11-12-25-19(14-7-9-16(23)10-8-14)18(21(27)22(25)28)20(26)15-5-4-6-17(13-15)29-3/h4-10,13,19,26H,11-12H2,1-3H3/b20-18+. The highest BCUT2D eigenvalue weighted by molar-refractivity contribution is 6.46. The first-order chi connectivity index (χ1) is 13.8. The van der Waals surface area contributed by atoms with Crippen molar-refractivity contribution in [3.05, 3.63) is 71.0 Å². The molecular weight excluding hydrogens is 375 g/mol. The van der Waals surface area contributed by atoms with E-state index in [0.29, 0.717) is 23.4 Å². The zero-order valence-corrected chi connectivity index (χ0v) is 16.6. The summed E-state index contributed by atoms with van der Waals surface area (Å²) in [6, 6.07) is 11.4. The van der Waals surface area contributed by atoms with Gasteiger partial charge in [-0.1, -0.05) is 24.3 Å². The summed E-state index contributed by atoms with van der Waals surface area (Å²) in [4.78, 5) is 28.9. The van der Waals surface area contributed by atoms with Crippen LogP contribution in [0, 0.1) is 5.82 Å². The highest BCUT2D eigenvalue weighted by Crippen LogP contribution is 2.39. The van der Waals surface area contributed by atoms with Gasteiger partial charge >= 0.3 is 0 Å². The Bertz CT molecular complexity index is 954. The molecule has 29 heavy (non-hydrogen) atoms. The van der Waals surface area contributed by atoms with Gasteiger partial charge in [0, 0.05) is 18.7 Å². The van der Waals surface area contributed by atoms with E-state index in [1.807, 2.05) is 19.0 Å². The van der Waals surface area contributed by atoms with E-state index in [-0.39, 0.29) is 17.9 Å². The molecule has 6 nitrogen and oxygen atoms in total. The third-order valence-electron chi connectivity index (χ3n) is 4.86. The number of benzene rings is 2. The predicted octanol–water partition coefficient (Wildman–Crippen LogP) is 2.82. The Morgan fingerprint density at radius 3 is 2.48 bits per heavy atom. The van der Waals surface area contributed by atoms with Crippen LogP contribution in [0.15, 0.2) is 54.1 Å². The van der Waals surface area contributed by atoms with Crippen molar-refractivity contribution in [2.24, 2.45) is 0 Å². The molecule has 1 N–H and O–H groups in total. The second kappa shape index (κ2) is 8.45. The first kappa shape index (κ1) is 20.5. The first-order valence-corrected chi connectivity index (χ1v) is 9.16. The average Bonchev–Trinajstić information content (AvgIpc) is 2.97. The molecule has 7 heteroatoms. The van der Waals surface area contributed by atoms with Gasteiger partial charge in [-0.25, -0.2) is 4.39 Å². The van der Waals surface area contributed by atoms with Gasteiger partial charge in [0.25, 0.3) is 11.7 Å². The Morgan fingerprint density at radius 2 is 1.86 bits per heavy atom. The number of rotatable bonds is 6. The Labute approximate surface area is 168 Å². The molecule has 1 amide bonds. The topological polar surface area (TPSA) is 70.1 Å². The van der Waals surface area contributed by atoms with Gasteiger partial charge in [0.1, 0.15) is 17.3 Å². The van der Waals surface area contributed by atoms with Gasteiger partial charge in [0.2, 0.25) is 0 Å². The lowest BCUT2D eigenvalue weighted by Crippen LogP contribution is -2.35. The van der Waals surface area contributed by atoms with E-state index >= 15 is 0 Å². The van der Waals surface area contributed by atoms with Crippen molar-refractivity contribution in [2.75, 3.05) is 34.3 Å². The van der Waals surface area contributed by atoms with Crippen LogP contribution in [0.25, 0.3) is 5.76 Å². The third-order valence-corrected chi connectivity index (χ3v) is 4.86. The molecule has 1 aliphatic heterocycles. The number of methoxy groups -OCH3 is 1. The fourth-order valence-electron chi connectivity index (χ4n) is 3.34. The van der Waals surface area contributed by atoms with Gasteiger partial charge in [-0.15, -0.1) is 0 Å². The number of ether oxygens (including phenoxy) is 1. The number of carbonyl (C=O) groups excluding carboxylic acids is 2. The fourth-order valence-corrected chi connectivity index (χ4v) is 3.34. The lowest BCUT2D eigenvalue weighted by atomic mass is 9.95. The van der Waals surface area contributed by atoms with Gasteiger partial charge in [0.15, 0.2) is 0 Å². The number of hydrogen-bond donors (Lipinski definition) is 1. The maximum atomic E-state index is 13.5. The molecule has 2 aromatic carbocycles. The van der Waals surface area contributed by atoms with E-state index in [4.69, 9.17) is 4.74 Å². The van der Waals surface area contributed by atoms with Crippen molar-refractivity contribution >= 4 is 17.4 Å². The smallest absolute Gasteiger partial charge is 0.295 e. The maximum Gasteiger partial charge on any atom is 0.295 e. The first-order valence-electron chi connectivity index (χ1n) is 9.16. The lowest BCUT2D eigenvalue weighted by Gasteiger charge is -2.26. The van der Waals surface area contributed by atoms with Crippen molar-refractivity contribution in [1.29, 1.82) is 0 Å². The van der Waals surface area contributed by atoms with Gasteiger partial charge in [-0.3, -0.25) is 9.59 Å². The number of likely N-dealkylation sites (tertiary alicyclic amines) is 1. The average molecular weight is 398 g/mol. The van der Waals surface area contributed by atoms with Crippen LogP contribution in [0.5, 0.6) is 5.75 Å². The Kier molecular flexibility index (Phi) is 5.98. The molecule has 1 aliphatic rings. The molecule has 0 aliphatic carbocycles. The van der Waals surface area contributed by atoms with Crippen molar-refractivity contribution in [2.45, 2.75) is 6.04 Å². The minimum atomic E-state index is -0.804. The van der Waals surface area contributed by atoms with E-state index < -0.39 is 23.5 Å². The van der Waals surface area contributed by atoms with E-state index in [1.54, 1.807) is 24.3 Å². The molecule has 1 unspecified atom stereocenters. The second-order valence-electron chi connectivity index (χ2n) is 7.08. The van der Waals surface area contributed by atoms with E-state index in [0.717, 1.165) is 0 Å². The summed E-state index contributed by atoms with van der Waals surface area (Å²) >= 11 is 0. The highest BCUT2D eigenvalue weighted by Gasteiger charge is 2.45. The molecule has 2 aromatic rings. The second-order valence-corrected chi connectivity index (χ2v) is 7.08. The molecule has 0 aromatic heterocycles. The normalized spacial score (nSPS) is 18.5. The predicted molar refractivity (Wildman–Crippen MR) is 107 cm³/mol. The largest absolute Gasteiger partial charge is 0.507 e. The van der Waals surface area contributed by atoms with Crippen molar-refractivity contribution < 1.29 is 23.8 Å². The van der Waals surface area contributed by atoms with Gasteiger partial charge < -0.3 is 19.6 Å². The lowest BCUT2D eigenvalue weighted by molar-refractivity contribution is -0.140. The van der Waals surface area contributed by atoms with Crippen LogP contribution < -0.4 is 4.74 Å². The molecule has 0 spiro atoms. The maximum absolute atomic E-state index is 13.5. The van der Waals surface area contributed by atoms with Crippen molar-refractivity contribution in [3.8, 4) is 5.75 Å². The molecule has 0 saturated carbocycles. The molecule has 0 radical (unpaired) electrons. The molecular formula is C22H23FN2O4. The monoisotopic (exact) mass is 398 g/mol. The SMILES string of the molecule is COc1cccc(/C(O)=C2\C(=O)C(=O)N(CCN(C)C)C2c2ccc(F)cc2)c1. The van der Waals surface area contributed by atoms with Crippen molar-refractivity contribution in [1.82, 2.24) is 9.80 Å². The number of nitrogens with zero attached hydrogens (tertiary/aromatic N) is 2. The fraction of sp³-hybridized carbons (Fsp3) is 0.273. The molecule has 1 atom stereocenters. The zero-order valence-electron chi connectivity index (χ0n) is 16.6. The minimum Gasteiger partial charge on any atom is -0.507 e. The number of likely N-dealkylation sites (N-methyl/N-ethyl adjacent to an activating group) is 1. The molecule has 0 bridgehead atoms. The van der Waals surface area contributed by atoms with E-state index in [2.05, 4.69) is 0 Å². The summed E-state index contributed by atoms with van der Waals surface area (Å²) < 4.78 is 18.6. The number of aliphatic hydroxyl groups is 1. The molecule has 1 heterocycles. The number of Topliss-reactive ketones (excluding diaryl/α,β-unsaturated/α-hetero) is 1. The summed E-state index contributed by atoms with van der Waals surface area (Å²) in [5, 5.41) is 10.9. The number of hydrogen-bond acceptors (Lipinski definition) is 5. The highest BCUT2D eigenvalue weighted by atomic mass is 19.1. The van der Waals surface area contributed by atoms with Crippen molar-refractivity contribution in [3.63, 3.8) is 0 Å². The van der Waals surface area contributed by atoms with Gasteiger partial charge in [-0.2, -0.15) is 0 Å². The molecule has 3 rings (SSSR count). The van der Waals surface area contributed by atoms with Gasteiger partial charge in [-0.05, 0) is 43.9 Å². The number of aliphatic hydroxyl groups excluding tert-OH is 1. The summed E-state index contributed by atoms with van der Waals surface area (Å²) in [5.41, 5.74) is 0.893. The Hall–Kier alpha value is -3.19. The van der Waals surface area contributed by atoms with Crippen LogP contribution in [0.4, 0.5) is 4.39 Å².